The van der Waals surface area contributed by atoms with Crippen LogP contribution in [-0.4, -0.2) is 29.0 Å². The molecular formula is C14H20ClN3O2. The van der Waals surface area contributed by atoms with Gasteiger partial charge in [0, 0.05) is 31.3 Å². The first-order chi connectivity index (χ1) is 9.51. The number of benzene rings is 1. The second-order valence-electron chi connectivity index (χ2n) is 5.52. The van der Waals surface area contributed by atoms with E-state index in [4.69, 9.17) is 17.3 Å². The van der Waals surface area contributed by atoms with Crippen LogP contribution in [0.1, 0.15) is 25.3 Å². The molecular weight excluding hydrogens is 278 g/mol. The first-order valence-corrected chi connectivity index (χ1v) is 7.26. The van der Waals surface area contributed by atoms with Crippen molar-refractivity contribution in [2.24, 2.45) is 11.7 Å². The van der Waals surface area contributed by atoms with Gasteiger partial charge in [-0.25, -0.2) is 0 Å². The van der Waals surface area contributed by atoms with Crippen molar-refractivity contribution in [3.63, 3.8) is 0 Å². The fourth-order valence-electron chi connectivity index (χ4n) is 2.75. The first kappa shape index (κ1) is 15.2. The lowest BCUT2D eigenvalue weighted by molar-refractivity contribution is -0.384. The van der Waals surface area contributed by atoms with Crippen LogP contribution in [0.4, 0.5) is 5.69 Å². The topological polar surface area (TPSA) is 72.4 Å². The molecule has 1 saturated heterocycles. The van der Waals surface area contributed by atoms with E-state index in [1.165, 1.54) is 12.1 Å². The van der Waals surface area contributed by atoms with Gasteiger partial charge in [-0.2, -0.15) is 0 Å². The number of nitrogens with two attached hydrogens (primary N) is 1. The predicted molar refractivity (Wildman–Crippen MR) is 79.8 cm³/mol. The maximum absolute atomic E-state index is 10.7. The molecule has 0 saturated carbocycles. The van der Waals surface area contributed by atoms with Crippen LogP contribution in [-0.2, 0) is 6.54 Å². The molecule has 1 aromatic carbocycles. The third-order valence-electron chi connectivity index (χ3n) is 3.99. The predicted octanol–water partition coefficient (Wildman–Crippen LogP) is 2.81. The molecule has 1 aromatic rings. The number of rotatable bonds is 4. The summed E-state index contributed by atoms with van der Waals surface area (Å²) in [5.41, 5.74) is 6.80. The SMILES string of the molecule is CC1CCN(Cc2ccc([N+](=O)[O-])cc2Cl)C(CN)C1. The number of piperidine rings is 1. The largest absolute Gasteiger partial charge is 0.329 e. The zero-order valence-corrected chi connectivity index (χ0v) is 12.3. The Morgan fingerprint density at radius 3 is 2.90 bits per heavy atom. The molecule has 1 aliphatic heterocycles. The summed E-state index contributed by atoms with van der Waals surface area (Å²) in [6, 6.07) is 5.03. The van der Waals surface area contributed by atoms with Crippen molar-refractivity contribution >= 4 is 17.3 Å². The third kappa shape index (κ3) is 3.48. The lowest BCUT2D eigenvalue weighted by atomic mass is 9.92. The molecule has 0 spiro atoms. The van der Waals surface area contributed by atoms with E-state index in [2.05, 4.69) is 11.8 Å². The van der Waals surface area contributed by atoms with Gasteiger partial charge in [0.25, 0.3) is 5.69 Å². The molecule has 0 amide bonds. The standard InChI is InChI=1S/C14H20ClN3O2/c1-10-4-5-17(13(6-10)8-16)9-11-2-3-12(18(19)20)7-14(11)15/h2-3,7,10,13H,4-6,8-9,16H2,1H3. The number of nitro benzene ring substituents is 1. The van der Waals surface area contributed by atoms with Gasteiger partial charge in [0.05, 0.1) is 9.95 Å². The summed E-state index contributed by atoms with van der Waals surface area (Å²) >= 11 is 6.15. The summed E-state index contributed by atoms with van der Waals surface area (Å²) in [5.74, 6) is 0.701. The monoisotopic (exact) mass is 297 g/mol. The normalized spacial score (nSPS) is 23.8. The summed E-state index contributed by atoms with van der Waals surface area (Å²) in [4.78, 5) is 12.6. The molecule has 0 radical (unpaired) electrons. The summed E-state index contributed by atoms with van der Waals surface area (Å²) < 4.78 is 0. The van der Waals surface area contributed by atoms with Crippen molar-refractivity contribution in [1.82, 2.24) is 4.90 Å². The summed E-state index contributed by atoms with van der Waals surface area (Å²) in [5, 5.41) is 11.2. The molecule has 6 heteroatoms. The quantitative estimate of drug-likeness (QED) is 0.685. The smallest absolute Gasteiger partial charge is 0.270 e. The van der Waals surface area contributed by atoms with Gasteiger partial charge < -0.3 is 5.73 Å². The van der Waals surface area contributed by atoms with E-state index < -0.39 is 4.92 Å². The van der Waals surface area contributed by atoms with Crippen LogP contribution in [0.15, 0.2) is 18.2 Å². The number of nitro groups is 1. The Bertz CT molecular complexity index is 495. The van der Waals surface area contributed by atoms with Crippen LogP contribution < -0.4 is 5.73 Å². The van der Waals surface area contributed by atoms with E-state index >= 15 is 0 Å². The second-order valence-corrected chi connectivity index (χ2v) is 5.93. The van der Waals surface area contributed by atoms with E-state index in [1.54, 1.807) is 6.07 Å². The van der Waals surface area contributed by atoms with E-state index in [9.17, 15) is 10.1 Å². The van der Waals surface area contributed by atoms with Gasteiger partial charge in [-0.05, 0) is 36.9 Å². The Morgan fingerprint density at radius 1 is 1.55 bits per heavy atom. The average Bonchev–Trinajstić information content (AvgIpc) is 2.42. The zero-order chi connectivity index (χ0) is 14.7. The number of hydrogen-bond acceptors (Lipinski definition) is 4. The minimum absolute atomic E-state index is 0.0291. The van der Waals surface area contributed by atoms with Gasteiger partial charge in [0.2, 0.25) is 0 Å². The van der Waals surface area contributed by atoms with Gasteiger partial charge >= 0.3 is 0 Å². The maximum atomic E-state index is 10.7. The van der Waals surface area contributed by atoms with Crippen molar-refractivity contribution in [1.29, 1.82) is 0 Å². The Labute approximate surface area is 123 Å². The van der Waals surface area contributed by atoms with Crippen LogP contribution in [0.25, 0.3) is 0 Å². The molecule has 2 rings (SSSR count). The lowest BCUT2D eigenvalue weighted by Gasteiger charge is -2.38. The summed E-state index contributed by atoms with van der Waals surface area (Å²) in [6.45, 7) is 4.58. The first-order valence-electron chi connectivity index (χ1n) is 6.88. The van der Waals surface area contributed by atoms with Gasteiger partial charge in [-0.15, -0.1) is 0 Å². The highest BCUT2D eigenvalue weighted by molar-refractivity contribution is 6.31. The van der Waals surface area contributed by atoms with E-state index in [-0.39, 0.29) is 5.69 Å². The molecule has 1 heterocycles. The van der Waals surface area contributed by atoms with Crippen LogP contribution in [0, 0.1) is 16.0 Å². The minimum Gasteiger partial charge on any atom is -0.329 e. The number of hydrogen-bond donors (Lipinski definition) is 1. The molecule has 20 heavy (non-hydrogen) atoms. The highest BCUT2D eigenvalue weighted by Gasteiger charge is 2.25. The third-order valence-corrected chi connectivity index (χ3v) is 4.34. The lowest BCUT2D eigenvalue weighted by Crippen LogP contribution is -2.45. The molecule has 5 nitrogen and oxygen atoms in total. The van der Waals surface area contributed by atoms with Crippen molar-refractivity contribution in [2.45, 2.75) is 32.4 Å². The van der Waals surface area contributed by atoms with Crippen molar-refractivity contribution in [3.8, 4) is 0 Å². The Morgan fingerprint density at radius 2 is 2.30 bits per heavy atom. The molecule has 2 N–H and O–H groups in total. The van der Waals surface area contributed by atoms with E-state index in [0.29, 0.717) is 30.1 Å². The van der Waals surface area contributed by atoms with Crippen molar-refractivity contribution in [3.05, 3.63) is 38.9 Å². The fraction of sp³-hybridized carbons (Fsp3) is 0.571. The van der Waals surface area contributed by atoms with Gasteiger partial charge in [-0.3, -0.25) is 15.0 Å². The number of nitrogens with zero attached hydrogens (tertiary/aromatic N) is 2. The number of likely N-dealkylation sites (tertiary alicyclic amines) is 1. The van der Waals surface area contributed by atoms with Crippen LogP contribution in [0.3, 0.4) is 0 Å². The van der Waals surface area contributed by atoms with Gasteiger partial charge in [0.1, 0.15) is 0 Å². The molecule has 2 atom stereocenters. The molecule has 0 aliphatic carbocycles. The molecule has 0 bridgehead atoms. The minimum atomic E-state index is -0.430. The Balaban J connectivity index is 2.11. The fourth-order valence-corrected chi connectivity index (χ4v) is 2.98. The molecule has 2 unspecified atom stereocenters. The average molecular weight is 298 g/mol. The second kappa shape index (κ2) is 6.52. The maximum Gasteiger partial charge on any atom is 0.270 e. The highest BCUT2D eigenvalue weighted by atomic mass is 35.5. The summed E-state index contributed by atoms with van der Waals surface area (Å²) in [6.07, 6.45) is 2.25. The Kier molecular flexibility index (Phi) is 4.96. The summed E-state index contributed by atoms with van der Waals surface area (Å²) in [7, 11) is 0. The van der Waals surface area contributed by atoms with Gasteiger partial charge in [0.15, 0.2) is 0 Å². The van der Waals surface area contributed by atoms with E-state index in [0.717, 1.165) is 24.9 Å². The zero-order valence-electron chi connectivity index (χ0n) is 11.6. The van der Waals surface area contributed by atoms with E-state index in [1.807, 2.05) is 0 Å². The Hall–Kier alpha value is -1.17. The van der Waals surface area contributed by atoms with Crippen molar-refractivity contribution in [2.75, 3.05) is 13.1 Å². The van der Waals surface area contributed by atoms with Crippen LogP contribution in [0.5, 0.6) is 0 Å². The molecule has 110 valence electrons. The van der Waals surface area contributed by atoms with Gasteiger partial charge in [-0.1, -0.05) is 18.5 Å². The van der Waals surface area contributed by atoms with Crippen LogP contribution in [0.2, 0.25) is 5.02 Å². The molecule has 1 fully saturated rings. The van der Waals surface area contributed by atoms with Crippen LogP contribution >= 0.6 is 11.6 Å². The molecule has 0 aromatic heterocycles. The van der Waals surface area contributed by atoms with Crippen molar-refractivity contribution < 1.29 is 4.92 Å². The number of non-ortho nitro benzene ring substituents is 1. The number of halogens is 1. The highest BCUT2D eigenvalue weighted by Crippen LogP contribution is 2.27. The molecule has 1 aliphatic rings.